The molecule has 1 amide bonds. The van der Waals surface area contributed by atoms with Crippen molar-refractivity contribution in [1.29, 1.82) is 5.26 Å². The summed E-state index contributed by atoms with van der Waals surface area (Å²) in [6.07, 6.45) is 1.19. The second-order valence-electron chi connectivity index (χ2n) is 7.23. The van der Waals surface area contributed by atoms with Gasteiger partial charge in [-0.3, -0.25) is 9.69 Å². The number of rotatable bonds is 4. The molecule has 0 aromatic heterocycles. The number of halogens is 1. The number of carbonyl (C=O) groups is 1. The van der Waals surface area contributed by atoms with Gasteiger partial charge in [0.1, 0.15) is 5.75 Å². The number of methoxy groups -OCH3 is 1. The fourth-order valence-electron chi connectivity index (χ4n) is 4.08. The minimum atomic E-state index is -0.303. The Bertz CT molecular complexity index is 1060. The molecule has 2 heterocycles. The molecule has 0 bridgehead atoms. The lowest BCUT2D eigenvalue weighted by Crippen LogP contribution is -2.47. The van der Waals surface area contributed by atoms with Crippen molar-refractivity contribution in [3.8, 4) is 11.8 Å². The first-order chi connectivity index (χ1) is 14.6. The van der Waals surface area contributed by atoms with Gasteiger partial charge < -0.3 is 9.64 Å². The molecule has 0 radical (unpaired) electrons. The van der Waals surface area contributed by atoms with Gasteiger partial charge in [0, 0.05) is 28.1 Å². The molecule has 0 aliphatic carbocycles. The maximum Gasteiger partial charge on any atom is 0.229 e. The zero-order chi connectivity index (χ0) is 21.3. The second-order valence-corrected chi connectivity index (χ2v) is 9.08. The molecule has 2 aliphatic heterocycles. The van der Waals surface area contributed by atoms with Crippen LogP contribution in [0.25, 0.3) is 0 Å². The number of fused-ring (bicyclic) bond motifs is 1. The van der Waals surface area contributed by atoms with Crippen LogP contribution in [0.3, 0.4) is 0 Å². The van der Waals surface area contributed by atoms with Crippen LogP contribution < -0.4 is 9.64 Å². The van der Waals surface area contributed by atoms with E-state index < -0.39 is 0 Å². The molecule has 2 aliphatic rings. The monoisotopic (exact) mass is 483 g/mol. The standard InChI is InChI=1S/C23H22BrN3O2S/c1-3-15-6-4-5-7-20(15)26-13-27-22(28)11-17(19(12-25)23(27)30-14-26)18-10-16(24)8-9-21(18)29-2/h4-10,17H,3,11,13-14H2,1-2H3/t17-/m0/s1. The van der Waals surface area contributed by atoms with Crippen molar-refractivity contribution in [3.05, 3.63) is 68.7 Å². The number of ether oxygens (including phenoxy) is 1. The molecule has 7 heteroatoms. The van der Waals surface area contributed by atoms with E-state index in [9.17, 15) is 10.1 Å². The maximum absolute atomic E-state index is 13.2. The van der Waals surface area contributed by atoms with Crippen molar-refractivity contribution in [1.82, 2.24) is 4.90 Å². The molecule has 0 unspecified atom stereocenters. The fourth-order valence-corrected chi connectivity index (χ4v) is 5.61. The summed E-state index contributed by atoms with van der Waals surface area (Å²) < 4.78 is 6.42. The van der Waals surface area contributed by atoms with Gasteiger partial charge in [-0.2, -0.15) is 5.26 Å². The fraction of sp³-hybridized carbons (Fsp3) is 0.304. The van der Waals surface area contributed by atoms with E-state index in [1.807, 2.05) is 30.3 Å². The normalized spacial score (nSPS) is 18.9. The number of hydrogen-bond acceptors (Lipinski definition) is 5. The highest BCUT2D eigenvalue weighted by Gasteiger charge is 2.39. The number of allylic oxidation sites excluding steroid dienone is 1. The summed E-state index contributed by atoms with van der Waals surface area (Å²) >= 11 is 5.06. The van der Waals surface area contributed by atoms with Crippen LogP contribution in [0.1, 0.15) is 30.4 Å². The van der Waals surface area contributed by atoms with Gasteiger partial charge in [-0.15, -0.1) is 0 Å². The molecular formula is C23H22BrN3O2S. The first-order valence-corrected chi connectivity index (χ1v) is 11.6. The summed E-state index contributed by atoms with van der Waals surface area (Å²) in [6.45, 7) is 2.60. The van der Waals surface area contributed by atoms with E-state index in [1.165, 1.54) is 5.56 Å². The van der Waals surface area contributed by atoms with Gasteiger partial charge >= 0.3 is 0 Å². The molecule has 0 N–H and O–H groups in total. The molecule has 2 aromatic carbocycles. The van der Waals surface area contributed by atoms with E-state index in [1.54, 1.807) is 23.8 Å². The number of benzene rings is 2. The number of carbonyl (C=O) groups excluding carboxylic acids is 1. The van der Waals surface area contributed by atoms with Crippen LogP contribution in [0.15, 0.2) is 57.5 Å². The molecule has 0 saturated carbocycles. The molecule has 2 aromatic rings. The van der Waals surface area contributed by atoms with Crippen LogP contribution in [0, 0.1) is 11.3 Å². The molecule has 1 fully saturated rings. The van der Waals surface area contributed by atoms with E-state index in [2.05, 4.69) is 46.0 Å². The Hall–Kier alpha value is -2.43. The lowest BCUT2D eigenvalue weighted by Gasteiger charge is -2.42. The van der Waals surface area contributed by atoms with Crippen molar-refractivity contribution < 1.29 is 9.53 Å². The van der Waals surface area contributed by atoms with Crippen LogP contribution >= 0.6 is 27.7 Å². The van der Waals surface area contributed by atoms with Gasteiger partial charge in [0.15, 0.2) is 0 Å². The molecule has 0 spiro atoms. The molecule has 1 saturated heterocycles. The average molecular weight is 484 g/mol. The highest BCUT2D eigenvalue weighted by Crippen LogP contribution is 2.46. The average Bonchev–Trinajstić information content (AvgIpc) is 2.78. The smallest absolute Gasteiger partial charge is 0.229 e. The predicted molar refractivity (Wildman–Crippen MR) is 123 cm³/mol. The third kappa shape index (κ3) is 3.70. The second kappa shape index (κ2) is 8.75. The van der Waals surface area contributed by atoms with Crippen molar-refractivity contribution in [3.63, 3.8) is 0 Å². The van der Waals surface area contributed by atoms with Crippen LogP contribution in [0.5, 0.6) is 5.75 Å². The van der Waals surface area contributed by atoms with E-state index in [4.69, 9.17) is 4.74 Å². The van der Waals surface area contributed by atoms with Gasteiger partial charge in [-0.25, -0.2) is 0 Å². The third-order valence-corrected chi connectivity index (χ3v) is 7.22. The summed E-state index contributed by atoms with van der Waals surface area (Å²) in [7, 11) is 1.61. The van der Waals surface area contributed by atoms with Crippen LogP contribution in [-0.4, -0.2) is 30.5 Å². The van der Waals surface area contributed by atoms with E-state index >= 15 is 0 Å². The molecule has 5 nitrogen and oxygen atoms in total. The third-order valence-electron chi connectivity index (χ3n) is 5.57. The Morgan fingerprint density at radius 2 is 2.10 bits per heavy atom. The Balaban J connectivity index is 1.71. The van der Waals surface area contributed by atoms with Crippen molar-refractivity contribution in [2.75, 3.05) is 24.6 Å². The number of nitriles is 1. The Morgan fingerprint density at radius 3 is 2.83 bits per heavy atom. The van der Waals surface area contributed by atoms with Gasteiger partial charge in [0.2, 0.25) is 5.91 Å². The molecule has 4 rings (SSSR count). The number of hydrogen-bond donors (Lipinski definition) is 0. The Labute approximate surface area is 189 Å². The largest absolute Gasteiger partial charge is 0.496 e. The highest BCUT2D eigenvalue weighted by atomic mass is 79.9. The van der Waals surface area contributed by atoms with Crippen LogP contribution in [-0.2, 0) is 11.2 Å². The minimum absolute atomic E-state index is 0.0298. The molecule has 154 valence electrons. The van der Waals surface area contributed by atoms with Crippen molar-refractivity contribution in [2.45, 2.75) is 25.7 Å². The summed E-state index contributed by atoms with van der Waals surface area (Å²) in [5, 5.41) is 10.8. The lowest BCUT2D eigenvalue weighted by atomic mass is 9.86. The first-order valence-electron chi connectivity index (χ1n) is 9.81. The number of amides is 1. The van der Waals surface area contributed by atoms with Crippen LogP contribution in [0.4, 0.5) is 5.69 Å². The predicted octanol–water partition coefficient (Wildman–Crippen LogP) is 5.24. The number of thioether (sulfide) groups is 1. The van der Waals surface area contributed by atoms with E-state index in [0.29, 0.717) is 23.9 Å². The van der Waals surface area contributed by atoms with Gasteiger partial charge in [-0.05, 0) is 36.2 Å². The van der Waals surface area contributed by atoms with E-state index in [-0.39, 0.29) is 18.2 Å². The number of para-hydroxylation sites is 1. The Kier molecular flexibility index (Phi) is 6.07. The van der Waals surface area contributed by atoms with Gasteiger partial charge in [0.05, 0.1) is 36.3 Å². The Morgan fingerprint density at radius 1 is 1.30 bits per heavy atom. The number of nitrogens with zero attached hydrogens (tertiary/aromatic N) is 3. The quantitative estimate of drug-likeness (QED) is 0.594. The minimum Gasteiger partial charge on any atom is -0.496 e. The summed E-state index contributed by atoms with van der Waals surface area (Å²) in [4.78, 5) is 17.2. The molecular weight excluding hydrogens is 462 g/mol. The van der Waals surface area contributed by atoms with Gasteiger partial charge in [0.25, 0.3) is 0 Å². The summed E-state index contributed by atoms with van der Waals surface area (Å²) in [5.41, 5.74) is 3.91. The van der Waals surface area contributed by atoms with Crippen molar-refractivity contribution in [2.24, 2.45) is 0 Å². The highest BCUT2D eigenvalue weighted by molar-refractivity contribution is 9.10. The zero-order valence-electron chi connectivity index (χ0n) is 16.9. The first kappa shape index (κ1) is 20.8. The van der Waals surface area contributed by atoms with Crippen molar-refractivity contribution >= 4 is 39.3 Å². The van der Waals surface area contributed by atoms with Gasteiger partial charge in [-0.1, -0.05) is 52.8 Å². The molecule has 30 heavy (non-hydrogen) atoms. The number of aryl methyl sites for hydroxylation is 1. The zero-order valence-corrected chi connectivity index (χ0v) is 19.3. The molecule has 1 atom stereocenters. The SMILES string of the molecule is CCc1ccccc1N1CSC2=C(C#N)[C@H](c3cc(Br)ccc3OC)CC(=O)N2C1. The summed E-state index contributed by atoms with van der Waals surface area (Å²) in [6, 6.07) is 16.4. The van der Waals surface area contributed by atoms with E-state index in [0.717, 1.165) is 27.2 Å². The number of anilines is 1. The maximum atomic E-state index is 13.2. The topological polar surface area (TPSA) is 56.6 Å². The van der Waals surface area contributed by atoms with Crippen LogP contribution in [0.2, 0.25) is 0 Å². The summed E-state index contributed by atoms with van der Waals surface area (Å²) in [5.74, 6) is 1.12. The lowest BCUT2D eigenvalue weighted by molar-refractivity contribution is -0.129.